The highest BCUT2D eigenvalue weighted by Gasteiger charge is 2.26. The van der Waals surface area contributed by atoms with Gasteiger partial charge in [0.05, 0.1) is 5.39 Å². The number of fused-ring (bicyclic) bond motifs is 4. The SMILES string of the molecule is O=C(CCc1nc2sc3c(c2c(=O)[nH]1)CCC3)N1CCC(c2c[nH]c3ccccc23)CC1. The maximum absolute atomic E-state index is 12.8. The van der Waals surface area contributed by atoms with Crippen molar-refractivity contribution in [2.24, 2.45) is 0 Å². The first kappa shape index (κ1) is 19.7. The molecule has 0 radical (unpaired) electrons. The van der Waals surface area contributed by atoms with Gasteiger partial charge in [0, 0.05) is 47.9 Å². The summed E-state index contributed by atoms with van der Waals surface area (Å²) in [6.07, 6.45) is 8.12. The van der Waals surface area contributed by atoms with E-state index in [0.29, 0.717) is 24.6 Å². The van der Waals surface area contributed by atoms with Crippen molar-refractivity contribution < 1.29 is 4.79 Å². The maximum atomic E-state index is 12.8. The highest BCUT2D eigenvalue weighted by molar-refractivity contribution is 7.18. The fourth-order valence-corrected chi connectivity index (χ4v) is 6.70. The number of nitrogens with one attached hydrogen (secondary N) is 2. The van der Waals surface area contributed by atoms with Gasteiger partial charge in [-0.15, -0.1) is 11.3 Å². The van der Waals surface area contributed by atoms with Crippen LogP contribution >= 0.6 is 11.3 Å². The van der Waals surface area contributed by atoms with E-state index < -0.39 is 0 Å². The summed E-state index contributed by atoms with van der Waals surface area (Å²) >= 11 is 1.65. The first-order valence-corrected chi connectivity index (χ1v) is 12.4. The molecule has 7 heteroatoms. The molecule has 4 heterocycles. The van der Waals surface area contributed by atoms with Crippen LogP contribution in [0.4, 0.5) is 0 Å². The maximum Gasteiger partial charge on any atom is 0.259 e. The number of thiophene rings is 1. The van der Waals surface area contributed by atoms with Crippen molar-refractivity contribution in [1.82, 2.24) is 19.9 Å². The molecule has 1 aromatic carbocycles. The number of aromatic amines is 2. The lowest BCUT2D eigenvalue weighted by molar-refractivity contribution is -0.132. The highest BCUT2D eigenvalue weighted by Crippen LogP contribution is 2.35. The van der Waals surface area contributed by atoms with Gasteiger partial charge in [-0.3, -0.25) is 9.59 Å². The molecule has 1 aliphatic carbocycles. The molecule has 2 aliphatic rings. The van der Waals surface area contributed by atoms with Crippen LogP contribution in [-0.2, 0) is 24.1 Å². The molecule has 1 amide bonds. The zero-order chi connectivity index (χ0) is 21.7. The molecule has 32 heavy (non-hydrogen) atoms. The fourth-order valence-electron chi connectivity index (χ4n) is 5.42. The predicted molar refractivity (Wildman–Crippen MR) is 127 cm³/mol. The van der Waals surface area contributed by atoms with Gasteiger partial charge in [-0.1, -0.05) is 18.2 Å². The minimum atomic E-state index is -0.0450. The van der Waals surface area contributed by atoms with Crippen molar-refractivity contribution in [1.29, 1.82) is 0 Å². The summed E-state index contributed by atoms with van der Waals surface area (Å²) in [5.41, 5.74) is 3.69. The Kier molecular flexibility index (Phi) is 4.86. The molecule has 0 spiro atoms. The summed E-state index contributed by atoms with van der Waals surface area (Å²) in [5.74, 6) is 1.26. The van der Waals surface area contributed by atoms with Crippen LogP contribution in [0.3, 0.4) is 0 Å². The van der Waals surface area contributed by atoms with Crippen molar-refractivity contribution in [3.8, 4) is 0 Å². The van der Waals surface area contributed by atoms with E-state index in [0.717, 1.165) is 55.4 Å². The Balaban J connectivity index is 1.09. The monoisotopic (exact) mass is 446 g/mol. The average Bonchev–Trinajstić information content (AvgIpc) is 3.52. The quantitative estimate of drug-likeness (QED) is 0.491. The van der Waals surface area contributed by atoms with Gasteiger partial charge < -0.3 is 14.9 Å². The van der Waals surface area contributed by atoms with Crippen LogP contribution in [0.25, 0.3) is 21.1 Å². The number of hydrogen-bond acceptors (Lipinski definition) is 4. The summed E-state index contributed by atoms with van der Waals surface area (Å²) in [6, 6.07) is 8.41. The Morgan fingerprint density at radius 3 is 2.91 bits per heavy atom. The van der Waals surface area contributed by atoms with E-state index >= 15 is 0 Å². The normalized spacial score (nSPS) is 16.8. The lowest BCUT2D eigenvalue weighted by atomic mass is 9.89. The van der Waals surface area contributed by atoms with Gasteiger partial charge in [0.1, 0.15) is 10.7 Å². The van der Waals surface area contributed by atoms with Crippen LogP contribution in [0.5, 0.6) is 0 Å². The number of likely N-dealkylation sites (tertiary alicyclic amines) is 1. The molecule has 0 atom stereocenters. The van der Waals surface area contributed by atoms with Gasteiger partial charge in [-0.05, 0) is 55.2 Å². The standard InChI is InChI=1S/C25H26N4O2S/c30-22(9-8-21-27-24(31)23-17-5-3-7-20(17)32-25(23)28-21)29-12-10-15(11-13-29)18-14-26-19-6-2-1-4-16(18)19/h1-2,4,6,14-15,26H,3,5,7-13H2,(H,27,28,31). The largest absolute Gasteiger partial charge is 0.361 e. The second-order valence-corrected chi connectivity index (χ2v) is 10.1. The topological polar surface area (TPSA) is 81.8 Å². The van der Waals surface area contributed by atoms with Gasteiger partial charge in [0.25, 0.3) is 5.56 Å². The molecule has 0 unspecified atom stereocenters. The Bertz CT molecular complexity index is 1370. The van der Waals surface area contributed by atoms with E-state index in [1.807, 2.05) is 4.90 Å². The average molecular weight is 447 g/mol. The third-order valence-electron chi connectivity index (χ3n) is 7.11. The van der Waals surface area contributed by atoms with Gasteiger partial charge in [0.2, 0.25) is 5.91 Å². The molecule has 4 aromatic rings. The minimum Gasteiger partial charge on any atom is -0.361 e. The van der Waals surface area contributed by atoms with Crippen LogP contribution in [0, 0.1) is 0 Å². The molecular weight excluding hydrogens is 420 g/mol. The second kappa shape index (κ2) is 7.89. The van der Waals surface area contributed by atoms with Crippen LogP contribution in [0.15, 0.2) is 35.3 Å². The van der Waals surface area contributed by atoms with E-state index in [2.05, 4.69) is 45.4 Å². The van der Waals surface area contributed by atoms with Gasteiger partial charge in [-0.2, -0.15) is 0 Å². The third-order valence-corrected chi connectivity index (χ3v) is 8.29. The molecule has 2 N–H and O–H groups in total. The van der Waals surface area contributed by atoms with Crippen LogP contribution in [0.1, 0.15) is 53.4 Å². The fraction of sp³-hybridized carbons (Fsp3) is 0.400. The van der Waals surface area contributed by atoms with E-state index in [9.17, 15) is 9.59 Å². The first-order chi connectivity index (χ1) is 15.7. The van der Waals surface area contributed by atoms with Gasteiger partial charge >= 0.3 is 0 Å². The number of hydrogen-bond donors (Lipinski definition) is 2. The predicted octanol–water partition coefficient (Wildman–Crippen LogP) is 4.29. The number of aryl methyl sites for hydroxylation is 3. The molecule has 3 aromatic heterocycles. The van der Waals surface area contributed by atoms with Crippen molar-refractivity contribution in [3.63, 3.8) is 0 Å². The zero-order valence-electron chi connectivity index (χ0n) is 17.9. The Hall–Kier alpha value is -2.93. The Morgan fingerprint density at radius 1 is 1.19 bits per heavy atom. The van der Waals surface area contributed by atoms with E-state index in [1.165, 1.54) is 26.9 Å². The smallest absolute Gasteiger partial charge is 0.259 e. The molecule has 164 valence electrons. The third kappa shape index (κ3) is 3.35. The Labute approximate surface area is 189 Å². The Morgan fingerprint density at radius 2 is 2.03 bits per heavy atom. The lowest BCUT2D eigenvalue weighted by Crippen LogP contribution is -2.38. The number of rotatable bonds is 4. The molecule has 6 nitrogen and oxygen atoms in total. The molecule has 1 aliphatic heterocycles. The van der Waals surface area contributed by atoms with Crippen LogP contribution in [-0.4, -0.2) is 38.8 Å². The van der Waals surface area contributed by atoms with Gasteiger partial charge in [-0.25, -0.2) is 4.98 Å². The van der Waals surface area contributed by atoms with Crippen molar-refractivity contribution in [3.05, 3.63) is 62.6 Å². The van der Waals surface area contributed by atoms with Crippen LogP contribution in [0.2, 0.25) is 0 Å². The number of amides is 1. The molecule has 0 bridgehead atoms. The van der Waals surface area contributed by atoms with Crippen molar-refractivity contribution >= 4 is 38.4 Å². The molecule has 6 rings (SSSR count). The second-order valence-electron chi connectivity index (χ2n) is 8.99. The summed E-state index contributed by atoms with van der Waals surface area (Å²) in [7, 11) is 0. The van der Waals surface area contributed by atoms with Crippen molar-refractivity contribution in [2.45, 2.75) is 50.9 Å². The number of aromatic nitrogens is 3. The number of benzene rings is 1. The molecule has 1 fully saturated rings. The lowest BCUT2D eigenvalue weighted by Gasteiger charge is -2.32. The summed E-state index contributed by atoms with van der Waals surface area (Å²) < 4.78 is 0. The number of carbonyl (C=O) groups is 1. The molecular formula is C25H26N4O2S. The zero-order valence-corrected chi connectivity index (χ0v) is 18.8. The molecule has 1 saturated heterocycles. The van der Waals surface area contributed by atoms with E-state index in [1.54, 1.807) is 11.3 Å². The summed E-state index contributed by atoms with van der Waals surface area (Å²) in [4.78, 5) is 40.6. The number of H-pyrrole nitrogens is 2. The highest BCUT2D eigenvalue weighted by atomic mass is 32.1. The van der Waals surface area contributed by atoms with Gasteiger partial charge in [0.15, 0.2) is 0 Å². The molecule has 0 saturated carbocycles. The number of nitrogens with zero attached hydrogens (tertiary/aromatic N) is 2. The number of piperidine rings is 1. The number of carbonyl (C=O) groups excluding carboxylic acids is 1. The van der Waals surface area contributed by atoms with E-state index in [4.69, 9.17) is 0 Å². The summed E-state index contributed by atoms with van der Waals surface area (Å²) in [6.45, 7) is 1.56. The minimum absolute atomic E-state index is 0.0450. The first-order valence-electron chi connectivity index (χ1n) is 11.5. The van der Waals surface area contributed by atoms with E-state index in [-0.39, 0.29) is 11.5 Å². The number of para-hydroxylation sites is 1. The summed E-state index contributed by atoms with van der Waals surface area (Å²) in [5, 5.41) is 2.07. The van der Waals surface area contributed by atoms with Crippen LogP contribution < -0.4 is 5.56 Å². The van der Waals surface area contributed by atoms with Crippen molar-refractivity contribution in [2.75, 3.05) is 13.1 Å².